The zero-order valence-electron chi connectivity index (χ0n) is 20.2. The van der Waals surface area contributed by atoms with Crippen LogP contribution in [-0.2, 0) is 4.43 Å². The van der Waals surface area contributed by atoms with Gasteiger partial charge in [-0.1, -0.05) is 77.7 Å². The Labute approximate surface area is 173 Å². The number of hydrogen-bond acceptors (Lipinski definition) is 1. The summed E-state index contributed by atoms with van der Waals surface area (Å²) in [4.78, 5) is 0. The topological polar surface area (TPSA) is 9.23 Å². The first kappa shape index (κ1) is 24.8. The van der Waals surface area contributed by atoms with Crippen molar-refractivity contribution in [1.82, 2.24) is 0 Å². The van der Waals surface area contributed by atoms with Crippen molar-refractivity contribution in [3.8, 4) is 0 Å². The van der Waals surface area contributed by atoms with Gasteiger partial charge in [-0.25, -0.2) is 0 Å². The van der Waals surface area contributed by atoms with Crippen LogP contribution in [0.3, 0.4) is 0 Å². The largest absolute Gasteiger partial charge is 0.548 e. The van der Waals surface area contributed by atoms with Crippen LogP contribution in [0.2, 0.25) is 57.4 Å². The van der Waals surface area contributed by atoms with Crippen LogP contribution in [0, 0.1) is 20.8 Å². The number of aryl methyl sites for hydroxylation is 3. The van der Waals surface area contributed by atoms with E-state index in [2.05, 4.69) is 93.0 Å². The van der Waals surface area contributed by atoms with Gasteiger partial charge in [-0.3, -0.25) is 0 Å². The minimum atomic E-state index is -1.71. The first-order valence-corrected chi connectivity index (χ1v) is 23.8. The van der Waals surface area contributed by atoms with Gasteiger partial charge >= 0.3 is 0 Å². The van der Waals surface area contributed by atoms with Crippen molar-refractivity contribution in [2.75, 3.05) is 0 Å². The van der Waals surface area contributed by atoms with E-state index in [1.807, 2.05) is 0 Å². The van der Waals surface area contributed by atoms with Crippen molar-refractivity contribution in [1.29, 1.82) is 0 Å². The molecule has 27 heavy (non-hydrogen) atoms. The Hall–Kier alpha value is -0.242. The molecule has 154 valence electrons. The van der Waals surface area contributed by atoms with Gasteiger partial charge in [0.05, 0.1) is 20.5 Å². The van der Waals surface area contributed by atoms with Gasteiger partial charge in [-0.15, -0.1) is 0 Å². The van der Waals surface area contributed by atoms with E-state index in [-0.39, 0.29) is 0 Å². The highest BCUT2D eigenvalue weighted by atomic mass is 29.6. The second-order valence-electron chi connectivity index (χ2n) is 10.3. The molecular formula is C22H44OSi4. The molecule has 0 atom stereocenters. The SMILES string of the molecule is CC[Si](CC)(CC)OC(c1c(C)cc(C)cc1C)=[Si]([Si](C)(C)C)[Si](C)(C)C. The monoisotopic (exact) mass is 436 g/mol. The van der Waals surface area contributed by atoms with Gasteiger partial charge in [0.2, 0.25) is 8.32 Å². The quantitative estimate of drug-likeness (QED) is 0.398. The third kappa shape index (κ3) is 5.87. The molecule has 0 aliphatic heterocycles. The molecule has 5 heteroatoms. The fourth-order valence-corrected chi connectivity index (χ4v) is 45.3. The van der Waals surface area contributed by atoms with Gasteiger partial charge in [-0.2, -0.15) is 0 Å². The first-order chi connectivity index (χ1) is 12.2. The molecule has 0 aliphatic carbocycles. The van der Waals surface area contributed by atoms with Crippen LogP contribution in [0.4, 0.5) is 0 Å². The van der Waals surface area contributed by atoms with Crippen molar-refractivity contribution in [2.45, 2.75) is 99.0 Å². The van der Waals surface area contributed by atoms with E-state index in [0.29, 0.717) is 0 Å². The van der Waals surface area contributed by atoms with Crippen molar-refractivity contribution in [3.63, 3.8) is 0 Å². The zero-order chi connectivity index (χ0) is 21.2. The summed E-state index contributed by atoms with van der Waals surface area (Å²) < 4.78 is 7.36. The molecule has 0 radical (unpaired) electrons. The molecule has 0 N–H and O–H groups in total. The van der Waals surface area contributed by atoms with Crippen LogP contribution in [0.1, 0.15) is 43.0 Å². The van der Waals surface area contributed by atoms with Gasteiger partial charge in [0, 0.05) is 13.0 Å². The predicted molar refractivity (Wildman–Crippen MR) is 135 cm³/mol. The summed E-state index contributed by atoms with van der Waals surface area (Å²) >= 11 is 0. The van der Waals surface area contributed by atoms with E-state index >= 15 is 0 Å². The summed E-state index contributed by atoms with van der Waals surface area (Å²) in [6, 6.07) is 8.40. The van der Waals surface area contributed by atoms with E-state index in [0.717, 1.165) is 0 Å². The molecule has 0 aliphatic rings. The standard InChI is InChI=1S/C22H44OSi4/c1-13-27(14-2,15-3)23-22(24(25(7,8)9)26(10,11)12)21-19(5)16-18(4)17-20(21)6/h16-17H,13-15H2,1-12H3. The molecule has 0 bridgehead atoms. The summed E-state index contributed by atoms with van der Waals surface area (Å²) in [6.07, 6.45) is 0. The molecule has 0 unspecified atom stereocenters. The second-order valence-corrected chi connectivity index (χ2v) is 38.7. The Morgan fingerprint density at radius 2 is 1.15 bits per heavy atom. The minimum Gasteiger partial charge on any atom is -0.548 e. The fourth-order valence-electron chi connectivity index (χ4n) is 4.75. The highest BCUT2D eigenvalue weighted by Crippen LogP contribution is 2.28. The molecule has 0 aromatic heterocycles. The smallest absolute Gasteiger partial charge is 0.249 e. The normalized spacial score (nSPS) is 12.9. The Balaban J connectivity index is 3.97. The molecule has 0 heterocycles. The summed E-state index contributed by atoms with van der Waals surface area (Å²) in [5.41, 5.74) is 5.69. The van der Waals surface area contributed by atoms with Crippen LogP contribution in [-0.4, -0.2) is 36.3 Å². The average Bonchev–Trinajstić information content (AvgIpc) is 2.48. The van der Waals surface area contributed by atoms with Crippen molar-refractivity contribution < 1.29 is 4.43 Å². The lowest BCUT2D eigenvalue weighted by molar-refractivity contribution is 0.538. The lowest BCUT2D eigenvalue weighted by Crippen LogP contribution is -2.58. The van der Waals surface area contributed by atoms with Gasteiger partial charge in [0.15, 0.2) is 0 Å². The number of hydrogen-bond donors (Lipinski definition) is 0. The molecular weight excluding hydrogens is 393 g/mol. The maximum Gasteiger partial charge on any atom is 0.249 e. The van der Waals surface area contributed by atoms with Crippen LogP contribution in [0.15, 0.2) is 12.1 Å². The maximum absolute atomic E-state index is 7.36. The van der Waals surface area contributed by atoms with Crippen LogP contribution in [0.5, 0.6) is 0 Å². The molecule has 1 aromatic carbocycles. The fraction of sp³-hybridized carbons (Fsp3) is 0.682. The lowest BCUT2D eigenvalue weighted by atomic mass is 10.0. The first-order valence-electron chi connectivity index (χ1n) is 10.7. The predicted octanol–water partition coefficient (Wildman–Crippen LogP) is 7.02. The summed E-state index contributed by atoms with van der Waals surface area (Å²) in [6.45, 7) is 29.5. The van der Waals surface area contributed by atoms with Crippen LogP contribution < -0.4 is 0 Å². The third-order valence-electron chi connectivity index (χ3n) is 5.88. The summed E-state index contributed by atoms with van der Waals surface area (Å²) in [5, 5.41) is 1.49. The van der Waals surface area contributed by atoms with Crippen LogP contribution >= 0.6 is 0 Å². The Morgan fingerprint density at radius 1 is 0.778 bits per heavy atom. The van der Waals surface area contributed by atoms with Crippen molar-refractivity contribution in [2.24, 2.45) is 0 Å². The minimum absolute atomic E-state index is 0.679. The lowest BCUT2D eigenvalue weighted by Gasteiger charge is -2.39. The summed E-state index contributed by atoms with van der Waals surface area (Å²) in [5.74, 6) is 0. The molecule has 0 saturated heterocycles. The molecule has 1 nitrogen and oxygen atoms in total. The highest BCUT2D eigenvalue weighted by molar-refractivity contribution is 7.61. The van der Waals surface area contributed by atoms with E-state index in [1.165, 1.54) is 45.7 Å². The molecule has 0 amide bonds. The molecule has 0 saturated carbocycles. The van der Waals surface area contributed by atoms with E-state index < -0.39 is 30.9 Å². The molecule has 1 aromatic rings. The van der Waals surface area contributed by atoms with E-state index in [9.17, 15) is 0 Å². The Bertz CT molecular complexity index is 642. The van der Waals surface area contributed by atoms with Gasteiger partial charge in [-0.05, 0) is 50.0 Å². The van der Waals surface area contributed by atoms with Crippen LogP contribution in [0.25, 0.3) is 0 Å². The summed E-state index contributed by atoms with van der Waals surface area (Å²) in [7, 11) is -5.07. The molecule has 0 fully saturated rings. The van der Waals surface area contributed by atoms with E-state index in [4.69, 9.17) is 4.43 Å². The second kappa shape index (κ2) is 9.05. The third-order valence-corrected chi connectivity index (χ3v) is 38.3. The molecule has 0 spiro atoms. The Kier molecular flexibility index (Phi) is 8.31. The van der Waals surface area contributed by atoms with Gasteiger partial charge < -0.3 is 4.43 Å². The Morgan fingerprint density at radius 3 is 1.44 bits per heavy atom. The molecule has 1 rings (SSSR count). The highest BCUT2D eigenvalue weighted by Gasteiger charge is 2.40. The number of rotatable bonds is 8. The van der Waals surface area contributed by atoms with Gasteiger partial charge in [0.1, 0.15) is 0 Å². The van der Waals surface area contributed by atoms with Crippen molar-refractivity contribution in [3.05, 3.63) is 34.4 Å². The van der Waals surface area contributed by atoms with Gasteiger partial charge in [0.25, 0.3) is 0 Å². The number of benzene rings is 1. The van der Waals surface area contributed by atoms with E-state index in [1.54, 1.807) is 0 Å². The zero-order valence-corrected chi connectivity index (χ0v) is 24.2. The van der Waals surface area contributed by atoms with Crippen molar-refractivity contribution >= 4 is 36.3 Å². The maximum atomic E-state index is 7.36. The average molecular weight is 437 g/mol.